The van der Waals surface area contributed by atoms with E-state index in [1.54, 1.807) is 6.92 Å². The summed E-state index contributed by atoms with van der Waals surface area (Å²) in [6.45, 7) is 7.91. The molecular weight excluding hydrogens is 228 g/mol. The predicted octanol–water partition coefficient (Wildman–Crippen LogP) is 1.68. The minimum atomic E-state index is -1.14. The first kappa shape index (κ1) is 12.4. The molecule has 2 fully saturated rings. The summed E-state index contributed by atoms with van der Waals surface area (Å²) in [6.07, 6.45) is 2.57. The van der Waals surface area contributed by atoms with E-state index in [4.69, 9.17) is 0 Å². The maximum Gasteiger partial charge on any atom is 0.167 e. The standard InChI is InChI=1S/C15H22O3/c1-8-5-11(16)14(4)12(17)9-6-13(2,3)7-10(9)15(8,14)18/h5,9-10,12,17-18H,6-7H2,1-4H3/t9-,10+,12-,14+,15+/m0/s1. The van der Waals surface area contributed by atoms with E-state index in [0.29, 0.717) is 0 Å². The van der Waals surface area contributed by atoms with E-state index in [9.17, 15) is 15.0 Å². The number of aliphatic hydroxyl groups is 2. The van der Waals surface area contributed by atoms with Crippen LogP contribution in [-0.2, 0) is 4.79 Å². The highest BCUT2D eigenvalue weighted by Crippen LogP contribution is 2.67. The van der Waals surface area contributed by atoms with Crippen LogP contribution in [0.15, 0.2) is 11.6 Å². The fraction of sp³-hybridized carbons (Fsp3) is 0.800. The SMILES string of the molecule is CC1=CC(=O)[C@]2(C)[C@@H](O)[C@H]3CC(C)(C)C[C@H]3[C@]12O. The van der Waals surface area contributed by atoms with Crippen molar-refractivity contribution in [3.63, 3.8) is 0 Å². The summed E-state index contributed by atoms with van der Waals surface area (Å²) in [6, 6.07) is 0. The molecular formula is C15H22O3. The highest BCUT2D eigenvalue weighted by molar-refractivity contribution is 6.01. The van der Waals surface area contributed by atoms with Gasteiger partial charge in [-0.2, -0.15) is 0 Å². The molecule has 0 aromatic heterocycles. The average Bonchev–Trinajstić information content (AvgIpc) is 2.73. The molecule has 3 aliphatic rings. The van der Waals surface area contributed by atoms with Gasteiger partial charge in [0.2, 0.25) is 0 Å². The smallest absolute Gasteiger partial charge is 0.167 e. The number of hydrogen-bond acceptors (Lipinski definition) is 3. The molecule has 3 nitrogen and oxygen atoms in total. The number of carbonyl (C=O) groups is 1. The lowest BCUT2D eigenvalue weighted by Crippen LogP contribution is -2.51. The van der Waals surface area contributed by atoms with Crippen LogP contribution in [-0.4, -0.2) is 27.7 Å². The van der Waals surface area contributed by atoms with Crippen LogP contribution >= 0.6 is 0 Å². The van der Waals surface area contributed by atoms with Crippen molar-refractivity contribution in [3.05, 3.63) is 11.6 Å². The molecule has 3 aliphatic carbocycles. The Hall–Kier alpha value is -0.670. The molecule has 3 rings (SSSR count). The lowest BCUT2D eigenvalue weighted by molar-refractivity contribution is -0.141. The minimum absolute atomic E-state index is 0.00944. The van der Waals surface area contributed by atoms with Crippen LogP contribution in [0, 0.1) is 22.7 Å². The summed E-state index contributed by atoms with van der Waals surface area (Å²) in [7, 11) is 0. The van der Waals surface area contributed by atoms with Gasteiger partial charge in [-0.25, -0.2) is 0 Å². The van der Waals surface area contributed by atoms with E-state index in [1.807, 2.05) is 6.92 Å². The highest BCUT2D eigenvalue weighted by atomic mass is 16.3. The molecule has 0 aromatic carbocycles. The van der Waals surface area contributed by atoms with Gasteiger partial charge in [-0.1, -0.05) is 13.8 Å². The summed E-state index contributed by atoms with van der Waals surface area (Å²) in [4.78, 5) is 12.2. The van der Waals surface area contributed by atoms with Crippen molar-refractivity contribution >= 4 is 5.78 Å². The van der Waals surface area contributed by atoms with E-state index in [0.717, 1.165) is 18.4 Å². The Balaban J connectivity index is 2.14. The number of hydrogen-bond donors (Lipinski definition) is 2. The van der Waals surface area contributed by atoms with Gasteiger partial charge in [0.05, 0.1) is 11.5 Å². The number of fused-ring (bicyclic) bond motifs is 3. The van der Waals surface area contributed by atoms with Crippen LogP contribution in [0.5, 0.6) is 0 Å². The van der Waals surface area contributed by atoms with Crippen LogP contribution in [0.4, 0.5) is 0 Å². The Bertz CT molecular complexity index is 464. The summed E-state index contributed by atoms with van der Waals surface area (Å²) in [5, 5.41) is 21.8. The fourth-order valence-electron chi connectivity index (χ4n) is 4.93. The number of rotatable bonds is 0. The molecule has 0 amide bonds. The normalized spacial score (nSPS) is 53.3. The predicted molar refractivity (Wildman–Crippen MR) is 67.8 cm³/mol. The highest BCUT2D eigenvalue weighted by Gasteiger charge is 2.74. The van der Waals surface area contributed by atoms with Gasteiger partial charge in [-0.15, -0.1) is 0 Å². The molecule has 18 heavy (non-hydrogen) atoms. The van der Waals surface area contributed by atoms with Crippen molar-refractivity contribution in [2.24, 2.45) is 22.7 Å². The quantitative estimate of drug-likeness (QED) is 0.687. The maximum atomic E-state index is 12.2. The van der Waals surface area contributed by atoms with Crippen molar-refractivity contribution in [1.82, 2.24) is 0 Å². The van der Waals surface area contributed by atoms with Crippen LogP contribution < -0.4 is 0 Å². The first-order valence-corrected chi connectivity index (χ1v) is 6.78. The number of ketones is 1. The fourth-order valence-corrected chi connectivity index (χ4v) is 4.93. The van der Waals surface area contributed by atoms with E-state index >= 15 is 0 Å². The zero-order valence-corrected chi connectivity index (χ0v) is 11.5. The summed E-state index contributed by atoms with van der Waals surface area (Å²) in [5.74, 6) is -0.0555. The Morgan fingerprint density at radius 3 is 2.50 bits per heavy atom. The largest absolute Gasteiger partial charge is 0.392 e. The van der Waals surface area contributed by atoms with E-state index in [2.05, 4.69) is 13.8 Å². The second-order valence-corrected chi connectivity index (χ2v) is 7.45. The van der Waals surface area contributed by atoms with Gasteiger partial charge in [0.1, 0.15) is 5.60 Å². The number of aliphatic hydroxyl groups excluding tert-OH is 1. The first-order valence-electron chi connectivity index (χ1n) is 6.78. The molecule has 0 heterocycles. The number of carbonyl (C=O) groups excluding carboxylic acids is 1. The molecule has 0 spiro atoms. The van der Waals surface area contributed by atoms with Crippen molar-refractivity contribution in [1.29, 1.82) is 0 Å². The number of allylic oxidation sites excluding steroid dienone is 1. The van der Waals surface area contributed by atoms with Gasteiger partial charge in [-0.3, -0.25) is 4.79 Å². The minimum Gasteiger partial charge on any atom is -0.392 e. The third-order valence-corrected chi connectivity index (χ3v) is 5.86. The Kier molecular flexibility index (Phi) is 2.11. The maximum absolute atomic E-state index is 12.2. The van der Waals surface area contributed by atoms with E-state index in [1.165, 1.54) is 6.08 Å². The molecule has 0 aliphatic heterocycles. The van der Waals surface area contributed by atoms with Gasteiger partial charge in [-0.05, 0) is 55.6 Å². The molecule has 5 atom stereocenters. The third kappa shape index (κ3) is 1.07. The van der Waals surface area contributed by atoms with Crippen molar-refractivity contribution < 1.29 is 15.0 Å². The topological polar surface area (TPSA) is 57.5 Å². The zero-order chi connectivity index (χ0) is 13.5. The lowest BCUT2D eigenvalue weighted by Gasteiger charge is -2.39. The summed E-state index contributed by atoms with van der Waals surface area (Å²) < 4.78 is 0. The Labute approximate surface area is 108 Å². The van der Waals surface area contributed by atoms with Crippen molar-refractivity contribution in [2.45, 2.75) is 52.2 Å². The zero-order valence-electron chi connectivity index (χ0n) is 11.5. The average molecular weight is 250 g/mol. The molecule has 0 aromatic rings. The molecule has 0 radical (unpaired) electrons. The summed E-state index contributed by atoms with van der Waals surface area (Å²) >= 11 is 0. The van der Waals surface area contributed by atoms with Crippen LogP contribution in [0.25, 0.3) is 0 Å². The molecule has 0 bridgehead atoms. The van der Waals surface area contributed by atoms with Crippen LogP contribution in [0.3, 0.4) is 0 Å². The lowest BCUT2D eigenvalue weighted by atomic mass is 9.69. The second-order valence-electron chi connectivity index (χ2n) is 7.45. The molecule has 100 valence electrons. The molecule has 0 saturated heterocycles. The van der Waals surface area contributed by atoms with Crippen molar-refractivity contribution in [3.8, 4) is 0 Å². The Morgan fingerprint density at radius 2 is 1.89 bits per heavy atom. The second kappa shape index (κ2) is 3.07. The van der Waals surface area contributed by atoms with Gasteiger partial charge < -0.3 is 10.2 Å². The molecule has 3 heteroatoms. The third-order valence-electron chi connectivity index (χ3n) is 5.86. The van der Waals surface area contributed by atoms with Crippen molar-refractivity contribution in [2.75, 3.05) is 0 Å². The van der Waals surface area contributed by atoms with E-state index in [-0.39, 0.29) is 23.0 Å². The Morgan fingerprint density at radius 1 is 1.28 bits per heavy atom. The van der Waals surface area contributed by atoms with Gasteiger partial charge in [0.25, 0.3) is 0 Å². The van der Waals surface area contributed by atoms with Gasteiger partial charge in [0.15, 0.2) is 5.78 Å². The molecule has 2 saturated carbocycles. The van der Waals surface area contributed by atoms with Gasteiger partial charge in [0, 0.05) is 0 Å². The van der Waals surface area contributed by atoms with Crippen LogP contribution in [0.2, 0.25) is 0 Å². The molecule has 0 unspecified atom stereocenters. The van der Waals surface area contributed by atoms with Gasteiger partial charge >= 0.3 is 0 Å². The monoisotopic (exact) mass is 250 g/mol. The first-order chi connectivity index (χ1) is 8.14. The summed E-state index contributed by atoms with van der Waals surface area (Å²) in [5.41, 5.74) is -1.29. The van der Waals surface area contributed by atoms with Crippen LogP contribution in [0.1, 0.15) is 40.5 Å². The molecule has 2 N–H and O–H groups in total. The van der Waals surface area contributed by atoms with E-state index < -0.39 is 17.1 Å².